The standard InChI is InChI=1S/C30H37N7O2/c1-2-23-21(16-33-22(18-38)15-19-7-4-3-5-8-19)9-6-10-25(23)35-26-24(28(31)39)17-34-30-27(26)36-29(37-30)20-11-13-32-14-12-20/h6,9-14,17,19,22,33,38H,2-5,7-8,15-16,18H2,1H3,(H2,31,39)(H2,34,35,36,37)/t22-/m0/s1. The topological polar surface area (TPSA) is 142 Å². The van der Waals surface area contributed by atoms with Crippen LogP contribution in [0.1, 0.15) is 66.9 Å². The largest absolute Gasteiger partial charge is 0.395 e. The number of primary amides is 1. The Balaban J connectivity index is 1.42. The van der Waals surface area contributed by atoms with Crippen LogP contribution in [0.3, 0.4) is 0 Å². The summed E-state index contributed by atoms with van der Waals surface area (Å²) >= 11 is 0. The van der Waals surface area contributed by atoms with Crippen molar-refractivity contribution in [2.75, 3.05) is 11.9 Å². The molecule has 0 bridgehead atoms. The third kappa shape index (κ3) is 6.10. The van der Waals surface area contributed by atoms with E-state index in [1.165, 1.54) is 38.3 Å². The number of aromatic amines is 1. The first kappa shape index (κ1) is 26.8. The number of rotatable bonds is 11. The number of fused-ring (bicyclic) bond motifs is 1. The second-order valence-electron chi connectivity index (χ2n) is 10.4. The monoisotopic (exact) mass is 527 g/mol. The van der Waals surface area contributed by atoms with E-state index in [0.717, 1.165) is 35.2 Å². The number of nitrogens with two attached hydrogens (primary N) is 1. The molecule has 0 radical (unpaired) electrons. The van der Waals surface area contributed by atoms with Crippen molar-refractivity contribution in [1.82, 2.24) is 25.3 Å². The fourth-order valence-corrected chi connectivity index (χ4v) is 5.69. The molecule has 1 aliphatic rings. The number of nitrogens with one attached hydrogen (secondary N) is 3. The molecule has 9 heteroatoms. The number of aromatic nitrogens is 4. The van der Waals surface area contributed by atoms with Crippen molar-refractivity contribution in [1.29, 1.82) is 0 Å². The zero-order valence-electron chi connectivity index (χ0n) is 22.4. The van der Waals surface area contributed by atoms with Crippen LogP contribution in [0.15, 0.2) is 48.9 Å². The van der Waals surface area contributed by atoms with Crippen LogP contribution in [0.5, 0.6) is 0 Å². The highest BCUT2D eigenvalue weighted by Gasteiger charge is 2.21. The Hall–Kier alpha value is -3.82. The van der Waals surface area contributed by atoms with Crippen LogP contribution in [-0.4, -0.2) is 43.6 Å². The summed E-state index contributed by atoms with van der Waals surface area (Å²) in [5.74, 6) is 0.748. The summed E-state index contributed by atoms with van der Waals surface area (Å²) in [6.45, 7) is 2.90. The highest BCUT2D eigenvalue weighted by Crippen LogP contribution is 2.33. The first-order valence-electron chi connectivity index (χ1n) is 13.9. The molecule has 3 aromatic heterocycles. The molecule has 1 aromatic carbocycles. The van der Waals surface area contributed by atoms with Crippen LogP contribution in [0.4, 0.5) is 11.4 Å². The molecule has 3 heterocycles. The van der Waals surface area contributed by atoms with Crippen molar-refractivity contribution >= 4 is 28.4 Å². The van der Waals surface area contributed by atoms with Crippen LogP contribution in [0.25, 0.3) is 22.6 Å². The SMILES string of the molecule is CCc1c(CN[C@H](CO)CC2CCCCC2)cccc1Nc1c(C(N)=O)cnc2nc(-c3ccncc3)[nH]c12. The Bertz CT molecular complexity index is 1410. The molecule has 9 nitrogen and oxygen atoms in total. The number of benzene rings is 1. The van der Waals surface area contributed by atoms with Crippen LogP contribution in [-0.2, 0) is 13.0 Å². The fourth-order valence-electron chi connectivity index (χ4n) is 5.69. The molecule has 1 amide bonds. The van der Waals surface area contributed by atoms with Gasteiger partial charge in [0, 0.05) is 42.4 Å². The van der Waals surface area contributed by atoms with E-state index in [9.17, 15) is 9.90 Å². The number of anilines is 2. The number of hydrogen-bond acceptors (Lipinski definition) is 7. The van der Waals surface area contributed by atoms with Gasteiger partial charge in [0.25, 0.3) is 5.91 Å². The van der Waals surface area contributed by atoms with E-state index in [-0.39, 0.29) is 18.2 Å². The normalized spacial score (nSPS) is 14.9. The quantitative estimate of drug-likeness (QED) is 0.188. The predicted molar refractivity (Wildman–Crippen MR) is 154 cm³/mol. The van der Waals surface area contributed by atoms with Crippen LogP contribution in [0.2, 0.25) is 0 Å². The van der Waals surface area contributed by atoms with E-state index in [0.29, 0.717) is 35.1 Å². The van der Waals surface area contributed by atoms with Gasteiger partial charge in [-0.15, -0.1) is 0 Å². The van der Waals surface area contributed by atoms with Gasteiger partial charge >= 0.3 is 0 Å². The second kappa shape index (κ2) is 12.4. The van der Waals surface area contributed by atoms with Crippen LogP contribution in [0, 0.1) is 5.92 Å². The summed E-state index contributed by atoms with van der Waals surface area (Å²) < 4.78 is 0. The number of nitrogens with zero attached hydrogens (tertiary/aromatic N) is 3. The molecule has 1 atom stereocenters. The zero-order chi connectivity index (χ0) is 27.2. The molecule has 5 rings (SSSR count). The van der Waals surface area contributed by atoms with Gasteiger partial charge in [-0.3, -0.25) is 9.78 Å². The van der Waals surface area contributed by atoms with Crippen LogP contribution < -0.4 is 16.4 Å². The number of imidazole rings is 1. The summed E-state index contributed by atoms with van der Waals surface area (Å²) in [4.78, 5) is 28.8. The van der Waals surface area contributed by atoms with E-state index >= 15 is 0 Å². The molecule has 204 valence electrons. The molecule has 0 aliphatic heterocycles. The molecular formula is C30H37N7O2. The summed E-state index contributed by atoms with van der Waals surface area (Å²) in [5, 5.41) is 17.1. The van der Waals surface area contributed by atoms with Gasteiger partial charge < -0.3 is 26.5 Å². The van der Waals surface area contributed by atoms with Crippen LogP contribution >= 0.6 is 0 Å². The average Bonchev–Trinajstić information content (AvgIpc) is 3.41. The van der Waals surface area contributed by atoms with Gasteiger partial charge in [-0.2, -0.15) is 0 Å². The third-order valence-corrected chi connectivity index (χ3v) is 7.77. The smallest absolute Gasteiger partial charge is 0.252 e. The van der Waals surface area contributed by atoms with Crippen molar-refractivity contribution in [2.24, 2.45) is 11.7 Å². The zero-order valence-corrected chi connectivity index (χ0v) is 22.4. The number of H-pyrrole nitrogens is 1. The second-order valence-corrected chi connectivity index (χ2v) is 10.4. The molecule has 39 heavy (non-hydrogen) atoms. The summed E-state index contributed by atoms with van der Waals surface area (Å²) in [6.07, 6.45) is 13.1. The van der Waals surface area contributed by atoms with Gasteiger partial charge in [0.2, 0.25) is 0 Å². The van der Waals surface area contributed by atoms with Gasteiger partial charge in [0.1, 0.15) is 11.3 Å². The molecule has 1 saturated carbocycles. The van der Waals surface area contributed by atoms with E-state index < -0.39 is 5.91 Å². The number of carbonyl (C=O) groups excluding carboxylic acids is 1. The number of amides is 1. The van der Waals surface area contributed by atoms with Crippen molar-refractivity contribution in [3.8, 4) is 11.4 Å². The molecule has 0 saturated heterocycles. The van der Waals surface area contributed by atoms with Gasteiger partial charge in [0.15, 0.2) is 5.65 Å². The molecule has 0 unspecified atom stereocenters. The first-order chi connectivity index (χ1) is 19.1. The van der Waals surface area contributed by atoms with Crippen molar-refractivity contribution in [3.63, 3.8) is 0 Å². The Morgan fingerprint density at radius 1 is 1.18 bits per heavy atom. The molecule has 4 aromatic rings. The minimum absolute atomic E-state index is 0.0762. The number of aliphatic hydroxyl groups is 1. The predicted octanol–water partition coefficient (Wildman–Crippen LogP) is 4.85. The van der Waals surface area contributed by atoms with Gasteiger partial charge in [0.05, 0.1) is 17.9 Å². The maximum Gasteiger partial charge on any atom is 0.252 e. The average molecular weight is 528 g/mol. The van der Waals surface area contributed by atoms with E-state index in [2.05, 4.69) is 43.6 Å². The number of pyridine rings is 2. The molecule has 1 fully saturated rings. The Labute approximate surface area is 228 Å². The first-order valence-corrected chi connectivity index (χ1v) is 13.9. The Morgan fingerprint density at radius 2 is 1.97 bits per heavy atom. The summed E-state index contributed by atoms with van der Waals surface area (Å²) in [5.41, 5.74) is 11.7. The Kier molecular flexibility index (Phi) is 8.48. The molecule has 6 N–H and O–H groups in total. The highest BCUT2D eigenvalue weighted by molar-refractivity contribution is 6.06. The maximum atomic E-state index is 12.4. The van der Waals surface area contributed by atoms with Crippen molar-refractivity contribution in [2.45, 2.75) is 64.5 Å². The van der Waals surface area contributed by atoms with Crippen molar-refractivity contribution in [3.05, 3.63) is 65.6 Å². The lowest BCUT2D eigenvalue weighted by molar-refractivity contribution is 0.100. The number of hydrogen-bond donors (Lipinski definition) is 5. The molecule has 1 aliphatic carbocycles. The third-order valence-electron chi connectivity index (χ3n) is 7.77. The molecular weight excluding hydrogens is 490 g/mol. The van der Waals surface area contributed by atoms with Crippen molar-refractivity contribution < 1.29 is 9.90 Å². The Morgan fingerprint density at radius 3 is 2.69 bits per heavy atom. The lowest BCUT2D eigenvalue weighted by Crippen LogP contribution is -2.34. The summed E-state index contributed by atoms with van der Waals surface area (Å²) in [6, 6.07) is 9.92. The van der Waals surface area contributed by atoms with E-state index in [1.54, 1.807) is 12.4 Å². The van der Waals surface area contributed by atoms with Gasteiger partial charge in [-0.1, -0.05) is 51.2 Å². The fraction of sp³-hybridized carbons (Fsp3) is 0.400. The van der Waals surface area contributed by atoms with E-state index in [1.807, 2.05) is 24.3 Å². The van der Waals surface area contributed by atoms with Gasteiger partial charge in [-0.25, -0.2) is 9.97 Å². The lowest BCUT2D eigenvalue weighted by atomic mass is 9.85. The minimum Gasteiger partial charge on any atom is -0.395 e. The summed E-state index contributed by atoms with van der Waals surface area (Å²) in [7, 11) is 0. The number of aliphatic hydroxyl groups excluding tert-OH is 1. The lowest BCUT2D eigenvalue weighted by Gasteiger charge is -2.26. The maximum absolute atomic E-state index is 12.4. The van der Waals surface area contributed by atoms with E-state index in [4.69, 9.17) is 5.73 Å². The number of carbonyl (C=O) groups is 1. The highest BCUT2D eigenvalue weighted by atomic mass is 16.3. The minimum atomic E-state index is -0.573. The molecule has 0 spiro atoms. The van der Waals surface area contributed by atoms with Gasteiger partial charge in [-0.05, 0) is 48.1 Å².